The van der Waals surface area contributed by atoms with Gasteiger partial charge in [0.25, 0.3) is 0 Å². The van der Waals surface area contributed by atoms with Crippen molar-refractivity contribution < 1.29 is 39.3 Å². The van der Waals surface area contributed by atoms with Crippen molar-refractivity contribution in [1.29, 1.82) is 0 Å². The summed E-state index contributed by atoms with van der Waals surface area (Å²) in [5.41, 5.74) is 0.0305. The first kappa shape index (κ1) is 24.0. The minimum Gasteiger partial charge on any atom is -0.369 e. The molecule has 14 heteroatoms. The van der Waals surface area contributed by atoms with Crippen molar-refractivity contribution in [3.05, 3.63) is 60.0 Å². The van der Waals surface area contributed by atoms with Gasteiger partial charge < -0.3 is 9.42 Å². The van der Waals surface area contributed by atoms with Gasteiger partial charge >= 0.3 is 18.2 Å². The van der Waals surface area contributed by atoms with Gasteiger partial charge in [-0.3, -0.25) is 0 Å². The molecule has 182 valence electrons. The molecule has 1 aromatic heterocycles. The van der Waals surface area contributed by atoms with Gasteiger partial charge in [-0.15, -0.1) is 0 Å². The van der Waals surface area contributed by atoms with Crippen LogP contribution in [0.2, 0.25) is 0 Å². The van der Waals surface area contributed by atoms with Gasteiger partial charge in [0.05, 0.1) is 16.5 Å². The van der Waals surface area contributed by atoms with E-state index in [-0.39, 0.29) is 29.9 Å². The smallest absolute Gasteiger partial charge is 0.369 e. The summed E-state index contributed by atoms with van der Waals surface area (Å²) in [4.78, 5) is 4.88. The largest absolute Gasteiger partial charge is 0.471 e. The van der Waals surface area contributed by atoms with Crippen molar-refractivity contribution >= 4 is 15.7 Å². The number of alkyl halides is 6. The topological polar surface area (TPSA) is 79.5 Å². The van der Waals surface area contributed by atoms with Gasteiger partial charge in [-0.25, -0.2) is 8.42 Å². The molecular weight excluding hydrogens is 490 g/mol. The number of nitrogens with zero attached hydrogens (tertiary/aromatic N) is 4. The Hall–Kier alpha value is -3.13. The predicted octanol–water partition coefficient (Wildman–Crippen LogP) is 4.28. The van der Waals surface area contributed by atoms with Crippen LogP contribution in [0.3, 0.4) is 0 Å². The molecule has 0 unspecified atom stereocenters. The number of hydrogen-bond donors (Lipinski definition) is 0. The molecule has 0 aliphatic carbocycles. The van der Waals surface area contributed by atoms with Gasteiger partial charge in [-0.2, -0.15) is 35.6 Å². The minimum atomic E-state index is -4.75. The highest BCUT2D eigenvalue weighted by atomic mass is 32.2. The van der Waals surface area contributed by atoms with Gasteiger partial charge in [-0.05, 0) is 48.5 Å². The molecule has 0 amide bonds. The molecule has 0 atom stereocenters. The lowest BCUT2D eigenvalue weighted by Crippen LogP contribution is -2.60. The number of halogens is 6. The van der Waals surface area contributed by atoms with Crippen LogP contribution in [0.1, 0.15) is 11.5 Å². The number of hydrogen-bond acceptors (Lipinski definition) is 6. The quantitative estimate of drug-likeness (QED) is 0.481. The second-order valence-corrected chi connectivity index (χ2v) is 9.51. The summed E-state index contributed by atoms with van der Waals surface area (Å²) in [6.07, 6.45) is -9.31. The van der Waals surface area contributed by atoms with E-state index < -0.39 is 33.8 Å². The van der Waals surface area contributed by atoms with E-state index in [9.17, 15) is 34.8 Å². The Morgan fingerprint density at radius 3 is 2.03 bits per heavy atom. The molecule has 1 saturated heterocycles. The van der Waals surface area contributed by atoms with Gasteiger partial charge in [0, 0.05) is 31.4 Å². The second kappa shape index (κ2) is 8.27. The molecule has 2 aromatic carbocycles. The highest BCUT2D eigenvalue weighted by Crippen LogP contribution is 2.33. The van der Waals surface area contributed by atoms with E-state index in [1.54, 1.807) is 24.1 Å². The number of benzene rings is 2. The number of anilines is 1. The number of likely N-dealkylation sites (N-methyl/N-ethyl adjacent to an activating group) is 1. The van der Waals surface area contributed by atoms with Gasteiger partial charge in [0.15, 0.2) is 0 Å². The van der Waals surface area contributed by atoms with E-state index in [1.807, 2.05) is 0 Å². The summed E-state index contributed by atoms with van der Waals surface area (Å²) in [6, 6.07) is 9.33. The van der Waals surface area contributed by atoms with E-state index in [0.29, 0.717) is 11.3 Å². The molecule has 2 heterocycles. The predicted molar refractivity (Wildman–Crippen MR) is 107 cm³/mol. The molecule has 0 N–H and O–H groups in total. The highest BCUT2D eigenvalue weighted by molar-refractivity contribution is 7.89. The summed E-state index contributed by atoms with van der Waals surface area (Å²) in [7, 11) is -2.23. The van der Waals surface area contributed by atoms with Crippen LogP contribution in [0.15, 0.2) is 57.9 Å². The maximum Gasteiger partial charge on any atom is 0.471 e. The number of sulfonamides is 1. The van der Waals surface area contributed by atoms with Gasteiger partial charge in [0.1, 0.15) is 0 Å². The fraction of sp³-hybridized carbons (Fsp3) is 0.300. The van der Waals surface area contributed by atoms with Crippen molar-refractivity contribution in [2.24, 2.45) is 0 Å². The van der Waals surface area contributed by atoms with E-state index in [2.05, 4.69) is 14.7 Å². The summed E-state index contributed by atoms with van der Waals surface area (Å²) in [6.45, 7) is 0.225. The minimum absolute atomic E-state index is 0.112. The Morgan fingerprint density at radius 1 is 0.941 bits per heavy atom. The fourth-order valence-electron chi connectivity index (χ4n) is 3.34. The fourth-order valence-corrected chi connectivity index (χ4v) is 4.85. The second-order valence-electron chi connectivity index (χ2n) is 7.58. The maximum atomic E-state index is 12.7. The molecule has 0 bridgehead atoms. The molecule has 1 aliphatic rings. The first-order chi connectivity index (χ1) is 15.8. The normalized spacial score (nSPS) is 15.9. The molecule has 0 saturated carbocycles. The SMILES string of the molecule is CN(c1ccc(-c2noc(C(F)(F)F)n2)cc1)C1CN(S(=O)(=O)c2ccc(C(F)(F)F)cc2)C1. The van der Waals surface area contributed by atoms with Gasteiger partial charge in [0.2, 0.25) is 15.8 Å². The molecule has 7 nitrogen and oxygen atoms in total. The van der Waals surface area contributed by atoms with Crippen molar-refractivity contribution in [3.8, 4) is 11.4 Å². The Morgan fingerprint density at radius 2 is 1.53 bits per heavy atom. The van der Waals surface area contributed by atoms with Gasteiger partial charge in [-0.1, -0.05) is 5.16 Å². The first-order valence-corrected chi connectivity index (χ1v) is 11.1. The van der Waals surface area contributed by atoms with Crippen LogP contribution >= 0.6 is 0 Å². The van der Waals surface area contributed by atoms with Crippen LogP contribution in [-0.2, 0) is 22.4 Å². The third kappa shape index (κ3) is 4.59. The summed E-state index contributed by atoms with van der Waals surface area (Å²) >= 11 is 0. The highest BCUT2D eigenvalue weighted by Gasteiger charge is 2.40. The number of rotatable bonds is 5. The van der Waals surface area contributed by atoms with Crippen molar-refractivity contribution in [2.45, 2.75) is 23.3 Å². The van der Waals surface area contributed by atoms with Crippen molar-refractivity contribution in [2.75, 3.05) is 25.0 Å². The van der Waals surface area contributed by atoms with Crippen LogP contribution in [-0.4, -0.2) is 49.0 Å². The first-order valence-electron chi connectivity index (χ1n) is 9.68. The third-order valence-electron chi connectivity index (χ3n) is 5.40. The standard InChI is InChI=1S/C20H16F6N4O3S/c1-29(14-6-2-12(3-7-14)17-27-18(33-28-17)20(24,25)26)15-10-30(11-15)34(31,32)16-8-4-13(5-9-16)19(21,22)23/h2-9,15H,10-11H2,1H3. The molecule has 1 fully saturated rings. The van der Waals surface area contributed by atoms with E-state index >= 15 is 0 Å². The van der Waals surface area contributed by atoms with Crippen LogP contribution in [0, 0.1) is 0 Å². The van der Waals surface area contributed by atoms with Crippen LogP contribution in [0.5, 0.6) is 0 Å². The molecule has 34 heavy (non-hydrogen) atoms. The maximum absolute atomic E-state index is 12.7. The van der Waals surface area contributed by atoms with Crippen LogP contribution < -0.4 is 4.90 Å². The van der Waals surface area contributed by atoms with E-state index in [0.717, 1.165) is 28.6 Å². The number of aromatic nitrogens is 2. The molecular formula is C20H16F6N4O3S. The molecule has 0 radical (unpaired) electrons. The monoisotopic (exact) mass is 506 g/mol. The Labute approximate surface area is 189 Å². The van der Waals surface area contributed by atoms with Crippen LogP contribution in [0.25, 0.3) is 11.4 Å². The molecule has 1 aliphatic heterocycles. The van der Waals surface area contributed by atoms with E-state index in [1.165, 1.54) is 12.1 Å². The summed E-state index contributed by atoms with van der Waals surface area (Å²) < 4.78 is 107. The van der Waals surface area contributed by atoms with Crippen LogP contribution in [0.4, 0.5) is 32.0 Å². The average molecular weight is 506 g/mol. The Balaban J connectivity index is 1.40. The van der Waals surface area contributed by atoms with E-state index in [4.69, 9.17) is 0 Å². The summed E-state index contributed by atoms with van der Waals surface area (Å²) in [5.74, 6) is -1.67. The lowest BCUT2D eigenvalue weighted by atomic mass is 10.1. The Bertz CT molecular complexity index is 1270. The molecule has 3 aromatic rings. The molecule has 0 spiro atoms. The third-order valence-corrected chi connectivity index (χ3v) is 7.24. The Kier molecular flexibility index (Phi) is 5.84. The van der Waals surface area contributed by atoms with Crippen molar-refractivity contribution in [3.63, 3.8) is 0 Å². The zero-order valence-electron chi connectivity index (χ0n) is 17.3. The lowest BCUT2D eigenvalue weighted by Gasteiger charge is -2.43. The zero-order valence-corrected chi connectivity index (χ0v) is 18.1. The molecule has 4 rings (SSSR count). The zero-order chi connectivity index (χ0) is 24.9. The summed E-state index contributed by atoms with van der Waals surface area (Å²) in [5, 5.41) is 3.32. The lowest BCUT2D eigenvalue weighted by molar-refractivity contribution is -0.159. The average Bonchev–Trinajstić information content (AvgIpc) is 3.23. The van der Waals surface area contributed by atoms with Crippen molar-refractivity contribution in [1.82, 2.24) is 14.4 Å².